The van der Waals surface area contributed by atoms with Crippen molar-refractivity contribution in [1.29, 1.82) is 0 Å². The first-order valence-corrected chi connectivity index (χ1v) is 6.07. The summed E-state index contributed by atoms with van der Waals surface area (Å²) in [5.41, 5.74) is 0.798. The smallest absolute Gasteiger partial charge is 0.270 e. The van der Waals surface area contributed by atoms with Crippen LogP contribution < -0.4 is 4.90 Å². The van der Waals surface area contributed by atoms with Crippen molar-refractivity contribution in [2.75, 3.05) is 32.2 Å². The van der Waals surface area contributed by atoms with E-state index in [1.54, 1.807) is 18.0 Å². The minimum atomic E-state index is -0.609. The lowest BCUT2D eigenvalue weighted by Gasteiger charge is -2.23. The number of nitro groups is 1. The molecule has 0 aliphatic heterocycles. The van der Waals surface area contributed by atoms with Gasteiger partial charge in [-0.3, -0.25) is 10.1 Å². The van der Waals surface area contributed by atoms with E-state index in [0.29, 0.717) is 11.0 Å². The maximum atomic E-state index is 10.6. The molecule has 18 heavy (non-hydrogen) atoms. The van der Waals surface area contributed by atoms with Crippen LogP contribution in [0.3, 0.4) is 0 Å². The zero-order chi connectivity index (χ0) is 13.7. The van der Waals surface area contributed by atoms with Gasteiger partial charge in [-0.15, -0.1) is 0 Å². The summed E-state index contributed by atoms with van der Waals surface area (Å²) in [7, 11) is 3.32. The fourth-order valence-electron chi connectivity index (χ4n) is 1.58. The van der Waals surface area contributed by atoms with E-state index in [1.165, 1.54) is 19.2 Å². The summed E-state index contributed by atoms with van der Waals surface area (Å²) in [4.78, 5) is 12.0. The molecular formula is C11H15BrN2O4. The van der Waals surface area contributed by atoms with Crippen LogP contribution in [0.25, 0.3) is 0 Å². The monoisotopic (exact) mass is 318 g/mol. The summed E-state index contributed by atoms with van der Waals surface area (Å²) >= 11 is 3.29. The van der Waals surface area contributed by atoms with E-state index >= 15 is 0 Å². The van der Waals surface area contributed by atoms with Gasteiger partial charge in [-0.2, -0.15) is 0 Å². The molecule has 1 atom stereocenters. The number of hydrogen-bond acceptors (Lipinski definition) is 5. The Kier molecular flexibility index (Phi) is 5.52. The summed E-state index contributed by atoms with van der Waals surface area (Å²) < 4.78 is 5.46. The molecule has 0 bridgehead atoms. The van der Waals surface area contributed by atoms with E-state index in [2.05, 4.69) is 15.9 Å². The van der Waals surface area contributed by atoms with Gasteiger partial charge < -0.3 is 14.7 Å². The Morgan fingerprint density at radius 1 is 1.61 bits per heavy atom. The summed E-state index contributed by atoms with van der Waals surface area (Å²) in [6.45, 7) is 0.624. The molecule has 0 amide bonds. The molecule has 0 saturated heterocycles. The molecule has 1 aromatic carbocycles. The van der Waals surface area contributed by atoms with Gasteiger partial charge >= 0.3 is 0 Å². The van der Waals surface area contributed by atoms with Crippen LogP contribution in [0.2, 0.25) is 0 Å². The molecule has 1 N–H and O–H groups in total. The van der Waals surface area contributed by atoms with Crippen molar-refractivity contribution < 1.29 is 14.8 Å². The highest BCUT2D eigenvalue weighted by molar-refractivity contribution is 9.10. The molecule has 0 aromatic heterocycles. The minimum absolute atomic E-state index is 0.0245. The number of rotatable bonds is 6. The Labute approximate surface area is 113 Å². The average Bonchev–Trinajstić information content (AvgIpc) is 2.28. The number of anilines is 1. The Hall–Kier alpha value is -1.18. The van der Waals surface area contributed by atoms with Crippen LogP contribution in [0.5, 0.6) is 0 Å². The van der Waals surface area contributed by atoms with Crippen molar-refractivity contribution >= 4 is 27.3 Å². The van der Waals surface area contributed by atoms with Crippen molar-refractivity contribution in [1.82, 2.24) is 0 Å². The fourth-order valence-corrected chi connectivity index (χ4v) is 2.25. The molecular weight excluding hydrogens is 304 g/mol. The molecule has 6 nitrogen and oxygen atoms in total. The van der Waals surface area contributed by atoms with E-state index in [4.69, 9.17) is 4.74 Å². The molecule has 0 radical (unpaired) electrons. The zero-order valence-electron chi connectivity index (χ0n) is 10.2. The third-order valence-corrected chi connectivity index (χ3v) is 3.03. The van der Waals surface area contributed by atoms with Gasteiger partial charge in [0.05, 0.1) is 23.3 Å². The molecule has 0 fully saturated rings. The number of benzene rings is 1. The number of non-ortho nitro benzene ring substituents is 1. The molecule has 0 heterocycles. The van der Waals surface area contributed by atoms with Gasteiger partial charge in [0.15, 0.2) is 0 Å². The van der Waals surface area contributed by atoms with Gasteiger partial charge in [-0.25, -0.2) is 0 Å². The van der Waals surface area contributed by atoms with E-state index in [0.717, 1.165) is 5.69 Å². The molecule has 0 aliphatic rings. The normalized spacial score (nSPS) is 12.2. The van der Waals surface area contributed by atoms with Crippen molar-refractivity contribution in [3.63, 3.8) is 0 Å². The Morgan fingerprint density at radius 3 is 2.78 bits per heavy atom. The molecule has 1 aromatic rings. The Balaban J connectivity index is 2.80. The van der Waals surface area contributed by atoms with Crippen LogP contribution in [0.1, 0.15) is 0 Å². The fraction of sp³-hybridized carbons (Fsp3) is 0.455. The second kappa shape index (κ2) is 6.67. The number of likely N-dealkylation sites (N-methyl/N-ethyl adjacent to an activating group) is 1. The van der Waals surface area contributed by atoms with Crippen LogP contribution >= 0.6 is 15.9 Å². The number of halogens is 1. The SMILES string of the molecule is COCC(O)CN(C)c1ccc([N+](=O)[O-])cc1Br. The largest absolute Gasteiger partial charge is 0.389 e. The van der Waals surface area contributed by atoms with Crippen LogP contribution in [-0.4, -0.2) is 43.4 Å². The zero-order valence-corrected chi connectivity index (χ0v) is 11.8. The first kappa shape index (κ1) is 14.9. The van der Waals surface area contributed by atoms with E-state index < -0.39 is 11.0 Å². The minimum Gasteiger partial charge on any atom is -0.389 e. The first-order chi connectivity index (χ1) is 8.45. The molecule has 1 unspecified atom stereocenters. The van der Waals surface area contributed by atoms with Crippen LogP contribution in [-0.2, 0) is 4.74 Å². The second-order valence-electron chi connectivity index (χ2n) is 3.88. The first-order valence-electron chi connectivity index (χ1n) is 5.27. The highest BCUT2D eigenvalue weighted by atomic mass is 79.9. The maximum Gasteiger partial charge on any atom is 0.270 e. The highest BCUT2D eigenvalue weighted by Gasteiger charge is 2.14. The lowest BCUT2D eigenvalue weighted by atomic mass is 10.2. The number of methoxy groups -OCH3 is 1. The maximum absolute atomic E-state index is 10.6. The summed E-state index contributed by atoms with van der Waals surface area (Å²) in [5.74, 6) is 0. The number of ether oxygens (including phenoxy) is 1. The number of hydrogen-bond donors (Lipinski definition) is 1. The summed E-state index contributed by atoms with van der Waals surface area (Å²) in [5, 5.41) is 20.2. The Morgan fingerprint density at radius 2 is 2.28 bits per heavy atom. The van der Waals surface area contributed by atoms with Crippen LogP contribution in [0, 0.1) is 10.1 Å². The van der Waals surface area contributed by atoms with Crippen molar-refractivity contribution in [2.45, 2.75) is 6.10 Å². The van der Waals surface area contributed by atoms with E-state index in [9.17, 15) is 15.2 Å². The predicted molar refractivity (Wildman–Crippen MR) is 71.9 cm³/mol. The van der Waals surface area contributed by atoms with Crippen molar-refractivity contribution in [3.8, 4) is 0 Å². The number of nitrogens with zero attached hydrogens (tertiary/aromatic N) is 2. The molecule has 0 saturated carbocycles. The number of aliphatic hydroxyl groups excluding tert-OH is 1. The highest BCUT2D eigenvalue weighted by Crippen LogP contribution is 2.29. The molecule has 1 rings (SSSR count). The van der Waals surface area contributed by atoms with Gasteiger partial charge in [0.2, 0.25) is 0 Å². The Bertz CT molecular complexity index is 428. The number of nitro benzene ring substituents is 1. The standard InChI is InChI=1S/C11H15BrN2O4/c1-13(6-9(15)7-18-2)11-4-3-8(14(16)17)5-10(11)12/h3-5,9,15H,6-7H2,1-2H3. The summed E-state index contributed by atoms with van der Waals surface area (Å²) in [6, 6.07) is 4.51. The van der Waals surface area contributed by atoms with Gasteiger partial charge in [-0.1, -0.05) is 0 Å². The third-order valence-electron chi connectivity index (χ3n) is 2.40. The number of aliphatic hydroxyl groups is 1. The van der Waals surface area contributed by atoms with Gasteiger partial charge in [0.25, 0.3) is 5.69 Å². The lowest BCUT2D eigenvalue weighted by molar-refractivity contribution is -0.384. The third kappa shape index (κ3) is 3.94. The van der Waals surface area contributed by atoms with Gasteiger partial charge in [0, 0.05) is 37.3 Å². The quantitative estimate of drug-likeness (QED) is 0.639. The second-order valence-corrected chi connectivity index (χ2v) is 4.74. The van der Waals surface area contributed by atoms with Crippen LogP contribution in [0.4, 0.5) is 11.4 Å². The van der Waals surface area contributed by atoms with Crippen molar-refractivity contribution in [3.05, 3.63) is 32.8 Å². The molecule has 0 aliphatic carbocycles. The average molecular weight is 319 g/mol. The predicted octanol–water partition coefficient (Wildman–Crippen LogP) is 1.80. The van der Waals surface area contributed by atoms with Crippen molar-refractivity contribution in [2.24, 2.45) is 0 Å². The van der Waals surface area contributed by atoms with E-state index in [-0.39, 0.29) is 12.3 Å². The lowest BCUT2D eigenvalue weighted by Crippen LogP contribution is -2.32. The topological polar surface area (TPSA) is 75.8 Å². The summed E-state index contributed by atoms with van der Waals surface area (Å²) in [6.07, 6.45) is -0.609. The molecule has 7 heteroatoms. The molecule has 100 valence electrons. The van der Waals surface area contributed by atoms with Gasteiger partial charge in [-0.05, 0) is 22.0 Å². The van der Waals surface area contributed by atoms with Gasteiger partial charge in [0.1, 0.15) is 0 Å². The van der Waals surface area contributed by atoms with Crippen LogP contribution in [0.15, 0.2) is 22.7 Å². The molecule has 0 spiro atoms. The van der Waals surface area contributed by atoms with E-state index in [1.807, 2.05) is 0 Å².